The summed E-state index contributed by atoms with van der Waals surface area (Å²) >= 11 is 0. The summed E-state index contributed by atoms with van der Waals surface area (Å²) in [6, 6.07) is 0. The minimum Gasteiger partial charge on any atom is -0.492 e. The third-order valence-electron chi connectivity index (χ3n) is 2.22. The number of nitrogens with zero attached hydrogens (tertiary/aromatic N) is 4. The Bertz CT molecular complexity index is 671. The molecule has 0 amide bonds. The van der Waals surface area contributed by atoms with Crippen molar-refractivity contribution in [3.63, 3.8) is 0 Å². The van der Waals surface area contributed by atoms with Crippen molar-refractivity contribution in [2.75, 3.05) is 0 Å². The van der Waals surface area contributed by atoms with Gasteiger partial charge in [0.05, 0.1) is 6.54 Å². The molecule has 0 aliphatic heterocycles. The number of nitrogens with one attached hydrogen (secondary N) is 1. The summed E-state index contributed by atoms with van der Waals surface area (Å²) in [4.78, 5) is 24.0. The molecule has 0 unspecified atom stereocenters. The number of rotatable bonds is 2. The largest absolute Gasteiger partial charge is 0.492 e. The molecule has 0 aromatic carbocycles. The van der Waals surface area contributed by atoms with Crippen molar-refractivity contribution in [1.29, 1.82) is 0 Å². The Morgan fingerprint density at radius 3 is 2.82 bits per heavy atom. The number of aryl methyl sites for hydroxylation is 1. The second kappa shape index (κ2) is 3.85. The topological polar surface area (TPSA) is 106 Å². The molecule has 17 heavy (non-hydrogen) atoms. The third kappa shape index (κ3) is 1.82. The Morgan fingerprint density at radius 2 is 2.24 bits per heavy atom. The van der Waals surface area contributed by atoms with E-state index in [1.165, 1.54) is 10.9 Å². The van der Waals surface area contributed by atoms with Gasteiger partial charge in [0.15, 0.2) is 5.82 Å². The van der Waals surface area contributed by atoms with Crippen molar-refractivity contribution in [2.24, 2.45) is 7.05 Å². The second-order valence-corrected chi connectivity index (χ2v) is 3.34. The lowest BCUT2D eigenvalue weighted by Crippen LogP contribution is -2.32. The summed E-state index contributed by atoms with van der Waals surface area (Å²) in [5.74, 6) is -2.11. The highest BCUT2D eigenvalue weighted by molar-refractivity contribution is 5.10. The van der Waals surface area contributed by atoms with E-state index in [0.29, 0.717) is 10.4 Å². The van der Waals surface area contributed by atoms with Crippen LogP contribution in [-0.4, -0.2) is 29.4 Å². The molecule has 2 heterocycles. The minimum atomic E-state index is -1.41. The van der Waals surface area contributed by atoms with E-state index in [9.17, 15) is 19.1 Å². The maximum Gasteiger partial charge on any atom is 0.331 e. The van der Waals surface area contributed by atoms with Gasteiger partial charge in [-0.3, -0.25) is 14.3 Å². The first kappa shape index (κ1) is 11.0. The molecule has 2 aromatic heterocycles. The molecule has 9 heteroatoms. The lowest BCUT2D eigenvalue weighted by atomic mass is 10.5. The molecular weight excluding hydrogens is 233 g/mol. The number of hydrogen-bond acceptors (Lipinski definition) is 5. The zero-order valence-corrected chi connectivity index (χ0v) is 8.71. The highest BCUT2D eigenvalue weighted by Gasteiger charge is 2.15. The van der Waals surface area contributed by atoms with E-state index in [2.05, 4.69) is 10.2 Å². The standard InChI is InChI=1S/C8H8FN5O3/c1-13-3-10-12-4(13)2-14-7(16)5(9)6(15)11-8(14)17/h3,16H,2H2,1H3,(H,11,15,17). The van der Waals surface area contributed by atoms with Crippen molar-refractivity contribution in [3.05, 3.63) is 38.8 Å². The smallest absolute Gasteiger partial charge is 0.331 e. The van der Waals surface area contributed by atoms with Gasteiger partial charge in [-0.25, -0.2) is 4.79 Å². The average molecular weight is 241 g/mol. The molecule has 0 radical (unpaired) electrons. The van der Waals surface area contributed by atoms with Crippen LogP contribution in [0.25, 0.3) is 0 Å². The normalized spacial score (nSPS) is 10.7. The molecule has 2 N–H and O–H groups in total. The molecule has 90 valence electrons. The Morgan fingerprint density at radius 1 is 1.53 bits per heavy atom. The fourth-order valence-electron chi connectivity index (χ4n) is 1.27. The molecule has 2 aromatic rings. The van der Waals surface area contributed by atoms with Gasteiger partial charge < -0.3 is 9.67 Å². The van der Waals surface area contributed by atoms with E-state index in [1.807, 2.05) is 0 Å². The van der Waals surface area contributed by atoms with Gasteiger partial charge in [0.2, 0.25) is 11.7 Å². The molecule has 0 aliphatic rings. The first-order valence-electron chi connectivity index (χ1n) is 4.55. The van der Waals surface area contributed by atoms with Crippen molar-refractivity contribution < 1.29 is 9.50 Å². The number of aromatic amines is 1. The average Bonchev–Trinajstić information content (AvgIpc) is 2.67. The molecule has 0 aliphatic carbocycles. The van der Waals surface area contributed by atoms with Crippen LogP contribution in [0.15, 0.2) is 15.9 Å². The van der Waals surface area contributed by atoms with E-state index >= 15 is 0 Å². The molecule has 0 spiro atoms. The number of hydrogen-bond donors (Lipinski definition) is 2. The Balaban J connectivity index is 2.54. The van der Waals surface area contributed by atoms with E-state index in [0.717, 1.165) is 0 Å². The summed E-state index contributed by atoms with van der Waals surface area (Å²) < 4.78 is 15.3. The molecule has 0 fully saturated rings. The highest BCUT2D eigenvalue weighted by atomic mass is 19.1. The van der Waals surface area contributed by atoms with Crippen LogP contribution in [0.5, 0.6) is 5.88 Å². The predicted molar refractivity (Wildman–Crippen MR) is 53.1 cm³/mol. The van der Waals surface area contributed by atoms with Crippen LogP contribution in [-0.2, 0) is 13.6 Å². The van der Waals surface area contributed by atoms with Gasteiger partial charge in [0.25, 0.3) is 5.56 Å². The predicted octanol–water partition coefficient (Wildman–Crippen LogP) is -1.44. The van der Waals surface area contributed by atoms with Gasteiger partial charge in [-0.2, -0.15) is 4.39 Å². The second-order valence-electron chi connectivity index (χ2n) is 3.34. The Labute approximate surface area is 93.0 Å². The number of halogens is 1. The van der Waals surface area contributed by atoms with Gasteiger partial charge in [-0.15, -0.1) is 10.2 Å². The van der Waals surface area contributed by atoms with E-state index in [1.54, 1.807) is 12.0 Å². The molecule has 0 bridgehead atoms. The number of aromatic hydroxyl groups is 1. The Kier molecular flexibility index (Phi) is 2.50. The van der Waals surface area contributed by atoms with Gasteiger partial charge in [0.1, 0.15) is 6.33 Å². The van der Waals surface area contributed by atoms with Gasteiger partial charge >= 0.3 is 5.69 Å². The lowest BCUT2D eigenvalue weighted by Gasteiger charge is -2.06. The fraction of sp³-hybridized carbons (Fsp3) is 0.250. The van der Waals surface area contributed by atoms with Gasteiger partial charge in [-0.05, 0) is 0 Å². The molecule has 8 nitrogen and oxygen atoms in total. The molecule has 0 atom stereocenters. The SMILES string of the molecule is Cn1cnnc1Cn1c(O)c(F)c(=O)[nH]c1=O. The van der Waals surface area contributed by atoms with E-state index in [-0.39, 0.29) is 6.54 Å². The maximum atomic E-state index is 13.1. The minimum absolute atomic E-state index is 0.200. The van der Waals surface area contributed by atoms with E-state index in [4.69, 9.17) is 0 Å². The van der Waals surface area contributed by atoms with Crippen molar-refractivity contribution >= 4 is 0 Å². The summed E-state index contributed by atoms with van der Waals surface area (Å²) in [5, 5.41) is 16.6. The molecule has 2 rings (SSSR count). The number of H-pyrrole nitrogens is 1. The molecule has 0 saturated heterocycles. The van der Waals surface area contributed by atoms with Crippen LogP contribution < -0.4 is 11.2 Å². The van der Waals surface area contributed by atoms with Crippen LogP contribution >= 0.6 is 0 Å². The quantitative estimate of drug-likeness (QED) is 0.669. The van der Waals surface area contributed by atoms with Gasteiger partial charge in [-0.1, -0.05) is 0 Å². The van der Waals surface area contributed by atoms with Crippen LogP contribution in [0.2, 0.25) is 0 Å². The summed E-state index contributed by atoms with van der Waals surface area (Å²) in [6.45, 7) is -0.200. The lowest BCUT2D eigenvalue weighted by molar-refractivity contribution is 0.364. The third-order valence-corrected chi connectivity index (χ3v) is 2.22. The van der Waals surface area contributed by atoms with Crippen molar-refractivity contribution in [3.8, 4) is 5.88 Å². The summed E-state index contributed by atoms with van der Waals surface area (Å²) in [6.07, 6.45) is 1.39. The number of aromatic nitrogens is 5. The first-order chi connectivity index (χ1) is 8.00. The monoisotopic (exact) mass is 241 g/mol. The fourth-order valence-corrected chi connectivity index (χ4v) is 1.27. The van der Waals surface area contributed by atoms with Gasteiger partial charge in [0, 0.05) is 7.05 Å². The molecular formula is C8H8FN5O3. The summed E-state index contributed by atoms with van der Waals surface area (Å²) in [5.41, 5.74) is -2.18. The van der Waals surface area contributed by atoms with Crippen LogP contribution in [0, 0.1) is 5.82 Å². The zero-order valence-electron chi connectivity index (χ0n) is 8.71. The first-order valence-corrected chi connectivity index (χ1v) is 4.55. The molecule has 0 saturated carbocycles. The van der Waals surface area contributed by atoms with E-state index < -0.39 is 22.9 Å². The highest BCUT2D eigenvalue weighted by Crippen LogP contribution is 2.08. The van der Waals surface area contributed by atoms with Crippen molar-refractivity contribution in [2.45, 2.75) is 6.54 Å². The summed E-state index contributed by atoms with van der Waals surface area (Å²) in [7, 11) is 1.62. The van der Waals surface area contributed by atoms with Crippen molar-refractivity contribution in [1.82, 2.24) is 24.3 Å². The van der Waals surface area contributed by atoms with Crippen LogP contribution in [0.1, 0.15) is 5.82 Å². The van der Waals surface area contributed by atoms with Crippen LogP contribution in [0.4, 0.5) is 4.39 Å². The Hall–Kier alpha value is -2.45. The van der Waals surface area contributed by atoms with Crippen LogP contribution in [0.3, 0.4) is 0 Å². The maximum absolute atomic E-state index is 13.1. The zero-order chi connectivity index (χ0) is 12.6.